The summed E-state index contributed by atoms with van der Waals surface area (Å²) in [5, 5.41) is 6.44. The third-order valence-corrected chi connectivity index (χ3v) is 3.30. The number of thiazole rings is 1. The predicted molar refractivity (Wildman–Crippen MR) is 75.7 cm³/mol. The first-order chi connectivity index (χ1) is 8.62. The summed E-state index contributed by atoms with van der Waals surface area (Å²) in [6.07, 6.45) is 7.02. The fourth-order valence-electron chi connectivity index (χ4n) is 1.43. The maximum Gasteiger partial charge on any atom is 0.266 e. The van der Waals surface area contributed by atoms with Gasteiger partial charge in [-0.2, -0.15) is 0 Å². The zero-order valence-electron chi connectivity index (χ0n) is 10.6. The molecule has 1 amide bonds. The van der Waals surface area contributed by atoms with Crippen LogP contribution in [0.4, 0.5) is 10.9 Å². The van der Waals surface area contributed by atoms with Gasteiger partial charge in [-0.1, -0.05) is 30.6 Å². The van der Waals surface area contributed by atoms with E-state index in [9.17, 15) is 4.79 Å². The molecule has 1 heterocycles. The number of nitrogens with two attached hydrogens (primary N) is 1. The second-order valence-electron chi connectivity index (χ2n) is 3.75. The highest BCUT2D eigenvalue weighted by Crippen LogP contribution is 2.24. The molecule has 0 aliphatic heterocycles. The Bertz CT molecular complexity index is 449. The van der Waals surface area contributed by atoms with E-state index in [1.165, 1.54) is 11.3 Å². The molecular formula is C12H18N4OS. The van der Waals surface area contributed by atoms with Crippen LogP contribution >= 0.6 is 11.3 Å². The number of carbonyl (C=O) groups excluding carboxylic acids is 1. The number of terminal acetylenes is 1. The van der Waals surface area contributed by atoms with E-state index in [0.29, 0.717) is 10.0 Å². The average molecular weight is 266 g/mol. The smallest absolute Gasteiger partial charge is 0.266 e. The van der Waals surface area contributed by atoms with Gasteiger partial charge < -0.3 is 16.4 Å². The summed E-state index contributed by atoms with van der Waals surface area (Å²) in [7, 11) is 0. The first kappa shape index (κ1) is 14.3. The number of hydrogen-bond acceptors (Lipinski definition) is 5. The Kier molecular flexibility index (Phi) is 5.46. The zero-order valence-corrected chi connectivity index (χ0v) is 11.4. The van der Waals surface area contributed by atoms with Crippen LogP contribution in [0, 0.1) is 12.3 Å². The van der Waals surface area contributed by atoms with Gasteiger partial charge in [-0.15, -0.1) is 6.42 Å². The Balaban J connectivity index is 2.74. The number of nitrogen functional groups attached to an aromatic ring is 1. The van der Waals surface area contributed by atoms with Crippen LogP contribution in [-0.4, -0.2) is 23.5 Å². The largest absolute Gasteiger partial charge is 0.382 e. The number of rotatable bonds is 6. The summed E-state index contributed by atoms with van der Waals surface area (Å²) in [5.74, 6) is 2.53. The molecule has 4 N–H and O–H groups in total. The van der Waals surface area contributed by atoms with Crippen LogP contribution in [0.2, 0.25) is 0 Å². The van der Waals surface area contributed by atoms with Crippen molar-refractivity contribution in [3.05, 3.63) is 4.88 Å². The van der Waals surface area contributed by atoms with Crippen molar-refractivity contribution in [3.63, 3.8) is 0 Å². The van der Waals surface area contributed by atoms with Crippen molar-refractivity contribution < 1.29 is 4.79 Å². The van der Waals surface area contributed by atoms with E-state index >= 15 is 0 Å². The van der Waals surface area contributed by atoms with Gasteiger partial charge in [-0.05, 0) is 13.3 Å². The van der Waals surface area contributed by atoms with Gasteiger partial charge in [0.15, 0.2) is 5.13 Å². The molecule has 18 heavy (non-hydrogen) atoms. The molecule has 1 aromatic rings. The van der Waals surface area contributed by atoms with Gasteiger partial charge in [-0.25, -0.2) is 4.98 Å². The van der Waals surface area contributed by atoms with Crippen LogP contribution in [0.3, 0.4) is 0 Å². The molecule has 0 saturated carbocycles. The first-order valence-corrected chi connectivity index (χ1v) is 6.71. The predicted octanol–water partition coefficient (Wildman–Crippen LogP) is 1.69. The van der Waals surface area contributed by atoms with Crippen LogP contribution in [0.15, 0.2) is 0 Å². The fraction of sp³-hybridized carbons (Fsp3) is 0.500. The number of hydrogen-bond donors (Lipinski definition) is 3. The lowest BCUT2D eigenvalue weighted by Gasteiger charge is -2.10. The molecule has 5 nitrogen and oxygen atoms in total. The number of nitrogens with one attached hydrogen (secondary N) is 2. The van der Waals surface area contributed by atoms with E-state index in [2.05, 4.69) is 21.5 Å². The van der Waals surface area contributed by atoms with Crippen molar-refractivity contribution in [2.75, 3.05) is 17.6 Å². The Morgan fingerprint density at radius 2 is 2.33 bits per heavy atom. The summed E-state index contributed by atoms with van der Waals surface area (Å²) < 4.78 is 0. The van der Waals surface area contributed by atoms with Crippen LogP contribution in [0.1, 0.15) is 36.4 Å². The quantitative estimate of drug-likeness (QED) is 0.684. The minimum atomic E-state index is -0.259. The van der Waals surface area contributed by atoms with Crippen LogP contribution < -0.4 is 16.4 Å². The molecular weight excluding hydrogens is 248 g/mol. The second-order valence-corrected chi connectivity index (χ2v) is 4.74. The SMILES string of the molecule is C#CC(CCC)NC(=O)c1sc(NCC)nc1N. The Morgan fingerprint density at radius 3 is 2.89 bits per heavy atom. The molecule has 6 heteroatoms. The van der Waals surface area contributed by atoms with Crippen LogP contribution in [0.25, 0.3) is 0 Å². The zero-order chi connectivity index (χ0) is 13.5. The van der Waals surface area contributed by atoms with E-state index in [0.717, 1.165) is 19.4 Å². The lowest BCUT2D eigenvalue weighted by Crippen LogP contribution is -2.33. The molecule has 1 unspecified atom stereocenters. The van der Waals surface area contributed by atoms with Gasteiger partial charge in [0, 0.05) is 6.54 Å². The lowest BCUT2D eigenvalue weighted by molar-refractivity contribution is 0.0949. The molecule has 0 aromatic carbocycles. The van der Waals surface area contributed by atoms with Gasteiger partial charge in [0.1, 0.15) is 10.7 Å². The molecule has 98 valence electrons. The standard InChI is InChI=1S/C12H18N4OS/c1-4-7-8(5-2)15-11(17)9-10(13)16-12(18-9)14-6-3/h2,8H,4,6-7,13H2,1,3H3,(H,14,16)(H,15,17). The molecule has 1 rings (SSSR count). The molecule has 0 bridgehead atoms. The van der Waals surface area contributed by atoms with Crippen molar-refractivity contribution in [2.24, 2.45) is 0 Å². The maximum atomic E-state index is 12.0. The minimum absolute atomic E-state index is 0.237. The number of carbonyl (C=O) groups is 1. The summed E-state index contributed by atoms with van der Waals surface area (Å²) in [4.78, 5) is 16.5. The number of amides is 1. The summed E-state index contributed by atoms with van der Waals surface area (Å²) in [6, 6.07) is -0.258. The molecule has 1 atom stereocenters. The van der Waals surface area contributed by atoms with Crippen LogP contribution in [-0.2, 0) is 0 Å². The van der Waals surface area contributed by atoms with Gasteiger partial charge >= 0.3 is 0 Å². The highest BCUT2D eigenvalue weighted by atomic mass is 32.1. The van der Waals surface area contributed by atoms with E-state index in [1.807, 2.05) is 13.8 Å². The highest BCUT2D eigenvalue weighted by Gasteiger charge is 2.18. The number of nitrogens with zero attached hydrogens (tertiary/aromatic N) is 1. The first-order valence-electron chi connectivity index (χ1n) is 5.89. The molecule has 0 aliphatic carbocycles. The number of anilines is 2. The lowest BCUT2D eigenvalue weighted by atomic mass is 10.2. The maximum absolute atomic E-state index is 12.0. The van der Waals surface area contributed by atoms with Crippen LogP contribution in [0.5, 0.6) is 0 Å². The molecule has 0 spiro atoms. The van der Waals surface area contributed by atoms with Gasteiger partial charge in [0.25, 0.3) is 5.91 Å². The van der Waals surface area contributed by atoms with E-state index in [1.54, 1.807) is 0 Å². The highest BCUT2D eigenvalue weighted by molar-refractivity contribution is 7.18. The normalized spacial score (nSPS) is 11.6. The Hall–Kier alpha value is -1.74. The molecule has 1 aromatic heterocycles. The van der Waals surface area contributed by atoms with Crippen molar-refractivity contribution in [1.29, 1.82) is 0 Å². The van der Waals surface area contributed by atoms with E-state index < -0.39 is 0 Å². The van der Waals surface area contributed by atoms with Gasteiger partial charge in [-0.3, -0.25) is 4.79 Å². The van der Waals surface area contributed by atoms with Crippen molar-refractivity contribution in [1.82, 2.24) is 10.3 Å². The van der Waals surface area contributed by atoms with Crippen molar-refractivity contribution in [2.45, 2.75) is 32.7 Å². The third-order valence-electron chi connectivity index (χ3n) is 2.27. The third kappa shape index (κ3) is 3.64. The number of aromatic nitrogens is 1. The average Bonchev–Trinajstić information content (AvgIpc) is 2.70. The minimum Gasteiger partial charge on any atom is -0.382 e. The summed E-state index contributed by atoms with van der Waals surface area (Å²) in [6.45, 7) is 4.70. The van der Waals surface area contributed by atoms with Gasteiger partial charge in [0.05, 0.1) is 6.04 Å². The molecule has 0 radical (unpaired) electrons. The monoisotopic (exact) mass is 266 g/mol. The fourth-order valence-corrected chi connectivity index (χ4v) is 2.29. The summed E-state index contributed by atoms with van der Waals surface area (Å²) in [5.41, 5.74) is 5.71. The topological polar surface area (TPSA) is 80.0 Å². The Morgan fingerprint density at radius 1 is 1.61 bits per heavy atom. The van der Waals surface area contributed by atoms with E-state index in [-0.39, 0.29) is 17.8 Å². The molecule has 0 saturated heterocycles. The van der Waals surface area contributed by atoms with Crippen molar-refractivity contribution >= 4 is 28.2 Å². The molecule has 0 aliphatic rings. The van der Waals surface area contributed by atoms with Gasteiger partial charge in [0.2, 0.25) is 0 Å². The molecule has 0 fully saturated rings. The Labute approximate surface area is 111 Å². The van der Waals surface area contributed by atoms with E-state index in [4.69, 9.17) is 12.2 Å². The second kappa shape index (κ2) is 6.87. The summed E-state index contributed by atoms with van der Waals surface area (Å²) >= 11 is 1.23. The van der Waals surface area contributed by atoms with Crippen molar-refractivity contribution in [3.8, 4) is 12.3 Å².